The SMILES string of the molecule is CCCOc1ccc(NC(=O)C2(OCCC)CCCC2)c2ccccc12. The molecule has 1 aliphatic carbocycles. The van der Waals surface area contributed by atoms with Gasteiger partial charge in [-0.25, -0.2) is 0 Å². The van der Waals surface area contributed by atoms with Crippen molar-refractivity contribution in [2.75, 3.05) is 18.5 Å². The summed E-state index contributed by atoms with van der Waals surface area (Å²) in [6.07, 6.45) is 5.57. The van der Waals surface area contributed by atoms with E-state index in [2.05, 4.69) is 19.2 Å². The summed E-state index contributed by atoms with van der Waals surface area (Å²) in [5.41, 5.74) is 0.148. The van der Waals surface area contributed by atoms with E-state index in [0.29, 0.717) is 13.2 Å². The Labute approximate surface area is 155 Å². The van der Waals surface area contributed by atoms with Gasteiger partial charge >= 0.3 is 0 Å². The molecule has 1 aliphatic rings. The second-order valence-electron chi connectivity index (χ2n) is 7.01. The van der Waals surface area contributed by atoms with Crippen molar-refractivity contribution < 1.29 is 14.3 Å². The van der Waals surface area contributed by atoms with Crippen LogP contribution in [0, 0.1) is 0 Å². The maximum Gasteiger partial charge on any atom is 0.256 e. The highest BCUT2D eigenvalue weighted by Crippen LogP contribution is 2.37. The molecule has 2 aromatic rings. The van der Waals surface area contributed by atoms with Crippen molar-refractivity contribution in [1.82, 2.24) is 0 Å². The lowest BCUT2D eigenvalue weighted by Crippen LogP contribution is -2.43. The van der Waals surface area contributed by atoms with Crippen LogP contribution in [-0.2, 0) is 9.53 Å². The number of carbonyl (C=O) groups excluding carboxylic acids is 1. The van der Waals surface area contributed by atoms with Crippen molar-refractivity contribution >= 4 is 22.4 Å². The van der Waals surface area contributed by atoms with Gasteiger partial charge in [-0.15, -0.1) is 0 Å². The van der Waals surface area contributed by atoms with Crippen molar-refractivity contribution in [1.29, 1.82) is 0 Å². The molecule has 0 aromatic heterocycles. The van der Waals surface area contributed by atoms with Crippen LogP contribution in [0.1, 0.15) is 52.4 Å². The van der Waals surface area contributed by atoms with E-state index in [0.717, 1.165) is 60.7 Å². The fraction of sp³-hybridized carbons (Fsp3) is 0.500. The number of benzene rings is 2. The van der Waals surface area contributed by atoms with Gasteiger partial charge in [-0.2, -0.15) is 0 Å². The number of rotatable bonds is 8. The fourth-order valence-electron chi connectivity index (χ4n) is 3.64. The van der Waals surface area contributed by atoms with Gasteiger partial charge in [0.05, 0.1) is 6.61 Å². The first-order valence-corrected chi connectivity index (χ1v) is 9.80. The van der Waals surface area contributed by atoms with Gasteiger partial charge < -0.3 is 14.8 Å². The van der Waals surface area contributed by atoms with E-state index >= 15 is 0 Å². The monoisotopic (exact) mass is 355 g/mol. The number of anilines is 1. The lowest BCUT2D eigenvalue weighted by atomic mass is 10.00. The van der Waals surface area contributed by atoms with Crippen molar-refractivity contribution in [3.8, 4) is 5.75 Å². The normalized spacial score (nSPS) is 15.9. The molecule has 0 heterocycles. The van der Waals surface area contributed by atoms with Crippen molar-refractivity contribution in [3.63, 3.8) is 0 Å². The van der Waals surface area contributed by atoms with Crippen molar-refractivity contribution in [2.45, 2.75) is 58.0 Å². The van der Waals surface area contributed by atoms with Crippen LogP contribution in [0.2, 0.25) is 0 Å². The van der Waals surface area contributed by atoms with Gasteiger partial charge in [0.15, 0.2) is 0 Å². The zero-order chi connectivity index (χ0) is 18.4. The predicted octanol–water partition coefficient (Wildman–Crippen LogP) is 5.31. The largest absolute Gasteiger partial charge is 0.493 e. The number of amides is 1. The Balaban J connectivity index is 1.87. The molecule has 0 bridgehead atoms. The smallest absolute Gasteiger partial charge is 0.256 e. The molecule has 0 radical (unpaired) electrons. The van der Waals surface area contributed by atoms with E-state index in [1.54, 1.807) is 0 Å². The van der Waals surface area contributed by atoms with Gasteiger partial charge in [0.1, 0.15) is 11.4 Å². The van der Waals surface area contributed by atoms with Crippen molar-refractivity contribution in [3.05, 3.63) is 36.4 Å². The topological polar surface area (TPSA) is 47.6 Å². The molecule has 0 atom stereocenters. The Kier molecular flexibility index (Phi) is 6.15. The van der Waals surface area contributed by atoms with Gasteiger partial charge in [0.2, 0.25) is 0 Å². The van der Waals surface area contributed by atoms with E-state index in [1.165, 1.54) is 0 Å². The highest BCUT2D eigenvalue weighted by atomic mass is 16.5. The maximum atomic E-state index is 13.1. The zero-order valence-corrected chi connectivity index (χ0v) is 15.8. The Bertz CT molecular complexity index is 750. The van der Waals surface area contributed by atoms with Crippen LogP contribution in [0.3, 0.4) is 0 Å². The van der Waals surface area contributed by atoms with E-state index in [9.17, 15) is 4.79 Å². The molecule has 4 nitrogen and oxygen atoms in total. The summed E-state index contributed by atoms with van der Waals surface area (Å²) in [5, 5.41) is 5.16. The molecule has 0 saturated heterocycles. The average Bonchev–Trinajstić information content (AvgIpc) is 3.16. The summed E-state index contributed by atoms with van der Waals surface area (Å²) in [4.78, 5) is 13.1. The van der Waals surface area contributed by atoms with E-state index in [4.69, 9.17) is 9.47 Å². The lowest BCUT2D eigenvalue weighted by Gasteiger charge is -2.28. The molecule has 1 N–H and O–H groups in total. The molecule has 26 heavy (non-hydrogen) atoms. The van der Waals surface area contributed by atoms with Gasteiger partial charge in [0, 0.05) is 23.1 Å². The third-order valence-corrected chi connectivity index (χ3v) is 5.00. The van der Waals surface area contributed by atoms with Gasteiger partial charge in [-0.3, -0.25) is 4.79 Å². The minimum Gasteiger partial charge on any atom is -0.493 e. The van der Waals surface area contributed by atoms with Crippen LogP contribution < -0.4 is 10.1 Å². The molecule has 3 rings (SSSR count). The molecule has 1 saturated carbocycles. The molecule has 1 amide bonds. The summed E-state index contributed by atoms with van der Waals surface area (Å²) in [6.45, 7) is 5.47. The number of carbonyl (C=O) groups is 1. The molecule has 0 aliphatic heterocycles. The Hall–Kier alpha value is -2.07. The quantitative estimate of drug-likeness (QED) is 0.698. The zero-order valence-electron chi connectivity index (χ0n) is 15.8. The molecule has 1 fully saturated rings. The van der Waals surface area contributed by atoms with Crippen LogP contribution in [0.25, 0.3) is 10.8 Å². The Morgan fingerprint density at radius 1 is 1.00 bits per heavy atom. The number of ether oxygens (including phenoxy) is 2. The van der Waals surface area contributed by atoms with Gasteiger partial charge in [-0.1, -0.05) is 38.1 Å². The van der Waals surface area contributed by atoms with Crippen LogP contribution in [0.15, 0.2) is 36.4 Å². The van der Waals surface area contributed by atoms with Gasteiger partial charge in [0.25, 0.3) is 5.91 Å². The lowest BCUT2D eigenvalue weighted by molar-refractivity contribution is -0.140. The first-order chi connectivity index (χ1) is 12.7. The predicted molar refractivity (Wildman–Crippen MR) is 106 cm³/mol. The Morgan fingerprint density at radius 2 is 1.69 bits per heavy atom. The molecule has 2 aromatic carbocycles. The summed E-state index contributed by atoms with van der Waals surface area (Å²) in [7, 11) is 0. The molecular formula is C22H29NO3. The van der Waals surface area contributed by atoms with Crippen LogP contribution >= 0.6 is 0 Å². The number of hydrogen-bond acceptors (Lipinski definition) is 3. The third-order valence-electron chi connectivity index (χ3n) is 5.00. The standard InChI is InChI=1S/C22H29NO3/c1-3-15-25-20-12-11-19(17-9-5-6-10-18(17)20)23-21(24)22(26-16-4-2)13-7-8-14-22/h5-6,9-12H,3-4,7-8,13-16H2,1-2H3,(H,23,24). The highest BCUT2D eigenvalue weighted by Gasteiger charge is 2.42. The molecule has 140 valence electrons. The Morgan fingerprint density at radius 3 is 2.38 bits per heavy atom. The van der Waals surface area contributed by atoms with E-state index in [-0.39, 0.29) is 5.91 Å². The summed E-state index contributed by atoms with van der Waals surface area (Å²) < 4.78 is 11.9. The summed E-state index contributed by atoms with van der Waals surface area (Å²) in [6, 6.07) is 11.9. The van der Waals surface area contributed by atoms with Crippen LogP contribution in [0.4, 0.5) is 5.69 Å². The van der Waals surface area contributed by atoms with Crippen LogP contribution in [0.5, 0.6) is 5.75 Å². The number of fused-ring (bicyclic) bond motifs is 1. The first-order valence-electron chi connectivity index (χ1n) is 9.80. The highest BCUT2D eigenvalue weighted by molar-refractivity contribution is 6.06. The average molecular weight is 355 g/mol. The third kappa shape index (κ3) is 3.85. The minimum atomic E-state index is -0.672. The number of hydrogen-bond donors (Lipinski definition) is 1. The fourth-order valence-corrected chi connectivity index (χ4v) is 3.64. The minimum absolute atomic E-state index is 0.0178. The second kappa shape index (κ2) is 8.54. The first kappa shape index (κ1) is 18.7. The van der Waals surface area contributed by atoms with Crippen molar-refractivity contribution in [2.24, 2.45) is 0 Å². The van der Waals surface area contributed by atoms with Gasteiger partial charge in [-0.05, 0) is 50.7 Å². The molecule has 0 unspecified atom stereocenters. The maximum absolute atomic E-state index is 13.1. The van der Waals surface area contributed by atoms with E-state index < -0.39 is 5.60 Å². The molecular weight excluding hydrogens is 326 g/mol. The van der Waals surface area contributed by atoms with E-state index in [1.807, 2.05) is 36.4 Å². The van der Waals surface area contributed by atoms with Crippen LogP contribution in [-0.4, -0.2) is 24.7 Å². The number of nitrogens with one attached hydrogen (secondary N) is 1. The summed E-state index contributed by atoms with van der Waals surface area (Å²) in [5.74, 6) is 0.842. The molecule has 4 heteroatoms. The summed E-state index contributed by atoms with van der Waals surface area (Å²) >= 11 is 0. The second-order valence-corrected chi connectivity index (χ2v) is 7.01. The molecule has 0 spiro atoms.